The topological polar surface area (TPSA) is 63.3 Å². The molecule has 3 nitrogen and oxygen atoms in total. The summed E-state index contributed by atoms with van der Waals surface area (Å²) < 4.78 is 37.1. The molecule has 0 amide bonds. The van der Waals surface area contributed by atoms with Crippen LogP contribution in [0, 0.1) is 11.8 Å². The molecule has 0 radical (unpaired) electrons. The molecule has 3 N–H and O–H groups in total. The van der Waals surface area contributed by atoms with Crippen LogP contribution in [-0.2, 0) is 4.79 Å². The average Bonchev–Trinajstić information content (AvgIpc) is 2.07. The molecular formula is C9H15ClF3NO2. The van der Waals surface area contributed by atoms with Gasteiger partial charge in [-0.3, -0.25) is 4.79 Å². The third-order valence-electron chi connectivity index (χ3n) is 3.29. The van der Waals surface area contributed by atoms with Gasteiger partial charge in [0.15, 0.2) is 0 Å². The van der Waals surface area contributed by atoms with Crippen LogP contribution in [0.5, 0.6) is 0 Å². The highest BCUT2D eigenvalue weighted by Crippen LogP contribution is 2.43. The zero-order valence-corrected chi connectivity index (χ0v) is 9.57. The van der Waals surface area contributed by atoms with E-state index in [0.29, 0.717) is 0 Å². The largest absolute Gasteiger partial charge is 0.480 e. The highest BCUT2D eigenvalue weighted by molar-refractivity contribution is 5.85. The molecule has 0 aromatic rings. The van der Waals surface area contributed by atoms with Crippen LogP contribution < -0.4 is 5.73 Å². The van der Waals surface area contributed by atoms with E-state index >= 15 is 0 Å². The molecule has 0 heterocycles. The van der Waals surface area contributed by atoms with Crippen molar-refractivity contribution in [3.63, 3.8) is 0 Å². The minimum absolute atomic E-state index is 0. The van der Waals surface area contributed by atoms with Crippen LogP contribution in [0.25, 0.3) is 0 Å². The van der Waals surface area contributed by atoms with E-state index in [-0.39, 0.29) is 31.7 Å². The number of halogens is 4. The molecule has 1 aliphatic rings. The molecule has 1 fully saturated rings. The van der Waals surface area contributed by atoms with Gasteiger partial charge in [0.05, 0.1) is 5.92 Å². The average molecular weight is 262 g/mol. The second kappa shape index (κ2) is 4.79. The first kappa shape index (κ1) is 15.5. The fourth-order valence-corrected chi connectivity index (χ4v) is 2.03. The molecule has 1 aliphatic carbocycles. The Morgan fingerprint density at radius 2 is 2.00 bits per heavy atom. The number of hydrogen-bond donors (Lipinski definition) is 2. The fourth-order valence-electron chi connectivity index (χ4n) is 2.03. The molecule has 3 atom stereocenters. The van der Waals surface area contributed by atoms with Gasteiger partial charge in [-0.15, -0.1) is 12.4 Å². The minimum atomic E-state index is -4.24. The molecule has 1 rings (SSSR count). The maximum Gasteiger partial charge on any atom is 0.391 e. The van der Waals surface area contributed by atoms with Crippen LogP contribution in [0.1, 0.15) is 26.2 Å². The summed E-state index contributed by atoms with van der Waals surface area (Å²) in [6, 6.07) is 0. The minimum Gasteiger partial charge on any atom is -0.480 e. The maximum atomic E-state index is 12.4. The standard InChI is InChI=1S/C9H14F3NO2.ClH/c1-5-4-6(9(10,11)12)2-3-8(5,13)7(14)15;/h5-6H,2-4,13H2,1H3,(H,14,15);1H/t5-,6?,8-;/m0./s1. The highest BCUT2D eigenvalue weighted by atomic mass is 35.5. The maximum absolute atomic E-state index is 12.4. The van der Waals surface area contributed by atoms with Crippen molar-refractivity contribution in [3.05, 3.63) is 0 Å². The first-order chi connectivity index (χ1) is 6.68. The third kappa shape index (κ3) is 2.79. The predicted octanol–water partition coefficient (Wildman–Crippen LogP) is 2.19. The van der Waals surface area contributed by atoms with E-state index in [1.165, 1.54) is 6.92 Å². The molecule has 96 valence electrons. The van der Waals surface area contributed by atoms with E-state index in [0.717, 1.165) is 0 Å². The molecule has 0 saturated heterocycles. The van der Waals surface area contributed by atoms with E-state index in [1.54, 1.807) is 0 Å². The molecular weight excluding hydrogens is 247 g/mol. The number of carbonyl (C=O) groups is 1. The number of carboxylic acids is 1. The monoisotopic (exact) mass is 261 g/mol. The number of nitrogens with two attached hydrogens (primary N) is 1. The molecule has 16 heavy (non-hydrogen) atoms. The lowest BCUT2D eigenvalue weighted by Gasteiger charge is -2.39. The zero-order chi connectivity index (χ0) is 11.9. The highest BCUT2D eigenvalue weighted by Gasteiger charge is 2.50. The van der Waals surface area contributed by atoms with Crippen molar-refractivity contribution in [2.24, 2.45) is 17.6 Å². The van der Waals surface area contributed by atoms with Gasteiger partial charge in [-0.1, -0.05) is 6.92 Å². The molecule has 0 aliphatic heterocycles. The quantitative estimate of drug-likeness (QED) is 0.760. The van der Waals surface area contributed by atoms with Crippen molar-refractivity contribution in [3.8, 4) is 0 Å². The van der Waals surface area contributed by atoms with Crippen LogP contribution in [-0.4, -0.2) is 22.8 Å². The van der Waals surface area contributed by atoms with Gasteiger partial charge >= 0.3 is 12.1 Å². The van der Waals surface area contributed by atoms with E-state index in [1.807, 2.05) is 0 Å². The summed E-state index contributed by atoms with van der Waals surface area (Å²) in [4.78, 5) is 10.8. The number of carboxylic acid groups (broad SMARTS) is 1. The van der Waals surface area contributed by atoms with Gasteiger partial charge < -0.3 is 10.8 Å². The summed E-state index contributed by atoms with van der Waals surface area (Å²) in [5.74, 6) is -3.28. The van der Waals surface area contributed by atoms with Crippen molar-refractivity contribution in [1.82, 2.24) is 0 Å². The van der Waals surface area contributed by atoms with Gasteiger partial charge in [0.1, 0.15) is 5.54 Å². The predicted molar refractivity (Wildman–Crippen MR) is 54.4 cm³/mol. The van der Waals surface area contributed by atoms with Crippen molar-refractivity contribution < 1.29 is 23.1 Å². The smallest absolute Gasteiger partial charge is 0.391 e. The van der Waals surface area contributed by atoms with Gasteiger partial charge in [-0.2, -0.15) is 13.2 Å². The molecule has 1 saturated carbocycles. The molecule has 0 aromatic heterocycles. The van der Waals surface area contributed by atoms with Crippen LogP contribution in [0.3, 0.4) is 0 Å². The second-order valence-electron chi connectivity index (χ2n) is 4.26. The molecule has 0 aromatic carbocycles. The van der Waals surface area contributed by atoms with E-state index in [9.17, 15) is 18.0 Å². The Kier molecular flexibility index (Phi) is 4.64. The summed E-state index contributed by atoms with van der Waals surface area (Å²) in [5.41, 5.74) is 4.09. The van der Waals surface area contributed by atoms with E-state index in [4.69, 9.17) is 10.8 Å². The lowest BCUT2D eigenvalue weighted by molar-refractivity contribution is -0.192. The number of aliphatic carboxylic acids is 1. The van der Waals surface area contributed by atoms with E-state index in [2.05, 4.69) is 0 Å². The van der Waals surface area contributed by atoms with Gasteiger partial charge in [0.2, 0.25) is 0 Å². The van der Waals surface area contributed by atoms with E-state index < -0.39 is 29.5 Å². The summed E-state index contributed by atoms with van der Waals surface area (Å²) in [5, 5.41) is 8.85. The summed E-state index contributed by atoms with van der Waals surface area (Å²) in [6.07, 6.45) is -4.76. The Labute approximate surface area is 97.6 Å². The summed E-state index contributed by atoms with van der Waals surface area (Å²) in [6.45, 7) is 1.46. The van der Waals surface area contributed by atoms with Gasteiger partial charge in [0.25, 0.3) is 0 Å². The normalized spacial score (nSPS) is 35.3. The van der Waals surface area contributed by atoms with Crippen molar-refractivity contribution in [1.29, 1.82) is 0 Å². The summed E-state index contributed by atoms with van der Waals surface area (Å²) in [7, 11) is 0. The van der Waals surface area contributed by atoms with Crippen LogP contribution in [0.15, 0.2) is 0 Å². The number of rotatable bonds is 1. The van der Waals surface area contributed by atoms with Crippen molar-refractivity contribution in [2.45, 2.75) is 37.9 Å². The van der Waals surface area contributed by atoms with Crippen LogP contribution in [0.4, 0.5) is 13.2 Å². The van der Waals surface area contributed by atoms with Crippen LogP contribution >= 0.6 is 12.4 Å². The second-order valence-corrected chi connectivity index (χ2v) is 4.26. The lowest BCUT2D eigenvalue weighted by Crippen LogP contribution is -2.57. The fraction of sp³-hybridized carbons (Fsp3) is 0.889. The Morgan fingerprint density at radius 1 is 1.50 bits per heavy atom. The molecule has 0 spiro atoms. The number of hydrogen-bond acceptors (Lipinski definition) is 2. The van der Waals surface area contributed by atoms with Gasteiger partial charge in [0, 0.05) is 0 Å². The zero-order valence-electron chi connectivity index (χ0n) is 8.75. The Morgan fingerprint density at radius 3 is 2.31 bits per heavy atom. The first-order valence-electron chi connectivity index (χ1n) is 4.77. The van der Waals surface area contributed by atoms with Crippen LogP contribution in [0.2, 0.25) is 0 Å². The Balaban J connectivity index is 0.00000225. The third-order valence-corrected chi connectivity index (χ3v) is 3.29. The molecule has 0 bridgehead atoms. The van der Waals surface area contributed by atoms with Gasteiger partial charge in [-0.05, 0) is 25.2 Å². The Bertz CT molecular complexity index is 272. The molecule has 7 heteroatoms. The van der Waals surface area contributed by atoms with Gasteiger partial charge in [-0.25, -0.2) is 0 Å². The van der Waals surface area contributed by atoms with Crippen molar-refractivity contribution >= 4 is 18.4 Å². The first-order valence-corrected chi connectivity index (χ1v) is 4.77. The lowest BCUT2D eigenvalue weighted by atomic mass is 9.70. The summed E-state index contributed by atoms with van der Waals surface area (Å²) >= 11 is 0. The van der Waals surface area contributed by atoms with Crippen molar-refractivity contribution in [2.75, 3.05) is 0 Å². The Hall–Kier alpha value is -0.490. The molecule has 1 unspecified atom stereocenters. The SMILES string of the molecule is C[C@H]1CC(C(F)(F)F)CC[C@@]1(N)C(=O)O.Cl. The number of alkyl halides is 3.